The van der Waals surface area contributed by atoms with Gasteiger partial charge in [-0.1, -0.05) is 26.0 Å². The molecule has 0 saturated carbocycles. The molecule has 1 aliphatic rings. The molecule has 9 heteroatoms. The van der Waals surface area contributed by atoms with Gasteiger partial charge in [-0.3, -0.25) is 9.59 Å². The molecule has 3 aromatic rings. The zero-order valence-corrected chi connectivity index (χ0v) is 19.3. The minimum absolute atomic E-state index is 0.121. The first-order valence-electron chi connectivity index (χ1n) is 11.2. The number of carbonyl (C=O) groups excluding carboxylic acids is 2. The van der Waals surface area contributed by atoms with Crippen molar-refractivity contribution in [3.63, 3.8) is 0 Å². The monoisotopic (exact) mass is 454 g/mol. The van der Waals surface area contributed by atoms with E-state index >= 15 is 0 Å². The summed E-state index contributed by atoms with van der Waals surface area (Å²) in [4.78, 5) is 38.4. The van der Waals surface area contributed by atoms with E-state index in [1.165, 1.54) is 11.3 Å². The van der Waals surface area contributed by atoms with Gasteiger partial charge < -0.3 is 20.9 Å². The van der Waals surface area contributed by atoms with E-state index in [9.17, 15) is 9.59 Å². The lowest BCUT2D eigenvalue weighted by atomic mass is 9.99. The molecule has 32 heavy (non-hydrogen) atoms. The van der Waals surface area contributed by atoms with Gasteiger partial charge in [0.1, 0.15) is 4.88 Å². The Labute approximate surface area is 191 Å². The third-order valence-corrected chi connectivity index (χ3v) is 6.80. The lowest BCUT2D eigenvalue weighted by molar-refractivity contribution is -0.122. The molecular weight excluding hydrogens is 424 g/mol. The highest BCUT2D eigenvalue weighted by atomic mass is 32.1. The fourth-order valence-corrected chi connectivity index (χ4v) is 4.78. The van der Waals surface area contributed by atoms with Crippen LogP contribution in [0.4, 0.5) is 0 Å². The molecule has 1 aliphatic heterocycles. The van der Waals surface area contributed by atoms with E-state index in [1.54, 1.807) is 6.20 Å². The molecule has 1 aromatic carbocycles. The molecule has 0 bridgehead atoms. The second-order valence-corrected chi connectivity index (χ2v) is 9.69. The maximum atomic E-state index is 13.0. The Kier molecular flexibility index (Phi) is 7.16. The van der Waals surface area contributed by atoms with Gasteiger partial charge in [-0.2, -0.15) is 0 Å². The number of aromatic amines is 1. The van der Waals surface area contributed by atoms with E-state index < -0.39 is 6.17 Å². The largest absolute Gasteiger partial charge is 0.339 e. The lowest BCUT2D eigenvalue weighted by Gasteiger charge is -2.20. The van der Waals surface area contributed by atoms with Gasteiger partial charge in [0.05, 0.1) is 22.2 Å². The van der Waals surface area contributed by atoms with Crippen molar-refractivity contribution in [1.82, 2.24) is 30.9 Å². The molecule has 0 spiro atoms. The summed E-state index contributed by atoms with van der Waals surface area (Å²) in [5.41, 5.74) is 1.63. The Bertz CT molecular complexity index is 1040. The van der Waals surface area contributed by atoms with E-state index in [2.05, 4.69) is 44.7 Å². The zero-order chi connectivity index (χ0) is 22.5. The Morgan fingerprint density at radius 2 is 1.97 bits per heavy atom. The summed E-state index contributed by atoms with van der Waals surface area (Å²) in [5, 5.41) is 10.2. The first-order valence-corrected chi connectivity index (χ1v) is 12.0. The topological polar surface area (TPSA) is 112 Å². The summed E-state index contributed by atoms with van der Waals surface area (Å²) < 4.78 is 0. The van der Waals surface area contributed by atoms with Crippen molar-refractivity contribution in [2.45, 2.75) is 51.6 Å². The molecular formula is C23H30N6O2S. The Morgan fingerprint density at radius 3 is 2.72 bits per heavy atom. The molecule has 4 N–H and O–H groups in total. The van der Waals surface area contributed by atoms with Crippen LogP contribution in [0.25, 0.3) is 11.0 Å². The average molecular weight is 455 g/mol. The standard InChI is InChI=1S/C23H30N6O2S/c1-14(2)7-8-19(30)28-21(20-26-16-5-3-4-6-17(16)27-20)29-22(31)18-13-25-23(32-18)15-9-11-24-12-10-15/h3-6,13-15,21,24H,7-12H2,1-2H3,(H,26,27)(H,28,30)(H,29,31). The summed E-state index contributed by atoms with van der Waals surface area (Å²) in [6.45, 7) is 6.11. The molecule has 3 heterocycles. The number of benzene rings is 1. The molecule has 1 unspecified atom stereocenters. The fourth-order valence-electron chi connectivity index (χ4n) is 3.79. The van der Waals surface area contributed by atoms with Crippen molar-refractivity contribution in [2.75, 3.05) is 13.1 Å². The lowest BCUT2D eigenvalue weighted by Crippen LogP contribution is -2.41. The van der Waals surface area contributed by atoms with Crippen LogP contribution >= 0.6 is 11.3 Å². The molecule has 170 valence electrons. The van der Waals surface area contributed by atoms with Crippen LogP contribution in [-0.2, 0) is 4.79 Å². The number of piperidine rings is 1. The van der Waals surface area contributed by atoms with Crippen molar-refractivity contribution >= 4 is 34.2 Å². The number of H-pyrrole nitrogens is 1. The van der Waals surface area contributed by atoms with Crippen molar-refractivity contribution in [3.05, 3.63) is 46.2 Å². The van der Waals surface area contributed by atoms with Gasteiger partial charge in [0.25, 0.3) is 5.91 Å². The summed E-state index contributed by atoms with van der Waals surface area (Å²) in [6, 6.07) is 7.63. The number of hydrogen-bond donors (Lipinski definition) is 4. The number of imidazole rings is 1. The minimum Gasteiger partial charge on any atom is -0.339 e. The van der Waals surface area contributed by atoms with Crippen molar-refractivity contribution in [2.24, 2.45) is 5.92 Å². The highest BCUT2D eigenvalue weighted by Gasteiger charge is 2.24. The van der Waals surface area contributed by atoms with Crippen LogP contribution < -0.4 is 16.0 Å². The first-order chi connectivity index (χ1) is 15.5. The Balaban J connectivity index is 1.50. The van der Waals surface area contributed by atoms with Crippen LogP contribution in [0.3, 0.4) is 0 Å². The van der Waals surface area contributed by atoms with Crippen molar-refractivity contribution < 1.29 is 9.59 Å². The number of rotatable bonds is 8. The van der Waals surface area contributed by atoms with Gasteiger partial charge in [0.15, 0.2) is 12.0 Å². The number of carbonyl (C=O) groups is 2. The van der Waals surface area contributed by atoms with Crippen LogP contribution in [0.2, 0.25) is 0 Å². The molecule has 1 saturated heterocycles. The maximum Gasteiger partial charge on any atom is 0.264 e. The Hall–Kier alpha value is -2.78. The van der Waals surface area contributed by atoms with E-state index in [-0.39, 0.29) is 11.8 Å². The maximum absolute atomic E-state index is 13.0. The molecule has 2 aromatic heterocycles. The van der Waals surface area contributed by atoms with Crippen molar-refractivity contribution in [3.8, 4) is 0 Å². The first kappa shape index (κ1) is 22.4. The number of nitrogens with zero attached hydrogens (tertiary/aromatic N) is 2. The molecule has 2 amide bonds. The molecule has 1 fully saturated rings. The van der Waals surface area contributed by atoms with Gasteiger partial charge in [-0.15, -0.1) is 11.3 Å². The van der Waals surface area contributed by atoms with E-state index in [4.69, 9.17) is 0 Å². The number of nitrogens with one attached hydrogen (secondary N) is 4. The number of thiazole rings is 1. The van der Waals surface area contributed by atoms with Gasteiger partial charge in [-0.25, -0.2) is 9.97 Å². The van der Waals surface area contributed by atoms with Crippen molar-refractivity contribution in [1.29, 1.82) is 0 Å². The van der Waals surface area contributed by atoms with Crippen LogP contribution in [0.5, 0.6) is 0 Å². The van der Waals surface area contributed by atoms with E-state index in [0.29, 0.717) is 29.0 Å². The highest BCUT2D eigenvalue weighted by Crippen LogP contribution is 2.29. The summed E-state index contributed by atoms with van der Waals surface area (Å²) in [5.74, 6) is 0.928. The van der Waals surface area contributed by atoms with Gasteiger partial charge >= 0.3 is 0 Å². The third-order valence-electron chi connectivity index (χ3n) is 5.65. The molecule has 8 nitrogen and oxygen atoms in total. The zero-order valence-electron chi connectivity index (χ0n) is 18.5. The van der Waals surface area contributed by atoms with Gasteiger partial charge in [0.2, 0.25) is 5.91 Å². The molecule has 4 rings (SSSR count). The number of amides is 2. The number of fused-ring (bicyclic) bond motifs is 1. The second-order valence-electron chi connectivity index (χ2n) is 8.63. The molecule has 0 radical (unpaired) electrons. The summed E-state index contributed by atoms with van der Waals surface area (Å²) >= 11 is 1.43. The van der Waals surface area contributed by atoms with Gasteiger partial charge in [0, 0.05) is 12.3 Å². The normalized spacial score (nSPS) is 15.7. The van der Waals surface area contributed by atoms with Crippen LogP contribution in [0.15, 0.2) is 30.5 Å². The van der Waals surface area contributed by atoms with Crippen LogP contribution in [0, 0.1) is 5.92 Å². The summed E-state index contributed by atoms with van der Waals surface area (Å²) in [7, 11) is 0. The number of para-hydroxylation sites is 2. The number of aromatic nitrogens is 3. The van der Waals surface area contributed by atoms with Gasteiger partial charge in [-0.05, 0) is 50.4 Å². The van der Waals surface area contributed by atoms with E-state index in [0.717, 1.165) is 48.4 Å². The minimum atomic E-state index is -0.751. The predicted octanol–water partition coefficient (Wildman–Crippen LogP) is 3.47. The van der Waals surface area contributed by atoms with Crippen LogP contribution in [-0.4, -0.2) is 39.9 Å². The number of hydrogen-bond acceptors (Lipinski definition) is 6. The average Bonchev–Trinajstić information content (AvgIpc) is 3.45. The Morgan fingerprint density at radius 1 is 1.19 bits per heavy atom. The fraction of sp³-hybridized carbons (Fsp3) is 0.478. The second kappa shape index (κ2) is 10.2. The quantitative estimate of drug-likeness (QED) is 0.390. The SMILES string of the molecule is CC(C)CCC(=O)NC(NC(=O)c1cnc(C2CCNCC2)s1)c1nc2ccccc2[nH]1. The highest BCUT2D eigenvalue weighted by molar-refractivity contribution is 7.13. The van der Waals surface area contributed by atoms with E-state index in [1.807, 2.05) is 24.3 Å². The predicted molar refractivity (Wildman–Crippen MR) is 125 cm³/mol. The van der Waals surface area contributed by atoms with Crippen LogP contribution in [0.1, 0.15) is 72.1 Å². The third kappa shape index (κ3) is 5.52. The molecule has 1 atom stereocenters. The summed E-state index contributed by atoms with van der Waals surface area (Å²) in [6.07, 6.45) is 4.11. The molecule has 0 aliphatic carbocycles. The smallest absolute Gasteiger partial charge is 0.264 e.